The number of carbonyl (C=O) groups excluding carboxylic acids is 1. The van der Waals surface area contributed by atoms with Crippen LogP contribution in [-0.2, 0) is 12.0 Å². The van der Waals surface area contributed by atoms with E-state index < -0.39 is 5.54 Å². The highest BCUT2D eigenvalue weighted by Crippen LogP contribution is 2.29. The normalized spacial score (nSPS) is 12.4. The van der Waals surface area contributed by atoms with Crippen LogP contribution in [0.4, 0.5) is 0 Å². The number of rotatable bonds is 7. The Kier molecular flexibility index (Phi) is 7.06. The van der Waals surface area contributed by atoms with Gasteiger partial charge in [-0.1, -0.05) is 41.9 Å². The Balaban J connectivity index is 1.85. The van der Waals surface area contributed by atoms with Gasteiger partial charge in [0, 0.05) is 16.9 Å². The minimum absolute atomic E-state index is 0.256. The van der Waals surface area contributed by atoms with Crippen molar-refractivity contribution in [2.24, 2.45) is 0 Å². The smallest absolute Gasteiger partial charge is 0.273 e. The van der Waals surface area contributed by atoms with Crippen LogP contribution in [-0.4, -0.2) is 27.6 Å². The molecule has 0 spiro atoms. The molecule has 1 amide bonds. The number of alkyl halides is 1. The van der Waals surface area contributed by atoms with Crippen LogP contribution in [0.25, 0.3) is 0 Å². The number of nitrogens with zero attached hydrogens (tertiary/aromatic N) is 2. The van der Waals surface area contributed by atoms with Crippen LogP contribution in [0.15, 0.2) is 60.8 Å². The number of para-hydroxylation sites is 1. The van der Waals surface area contributed by atoms with Crippen molar-refractivity contribution in [2.45, 2.75) is 38.8 Å². The van der Waals surface area contributed by atoms with Crippen molar-refractivity contribution in [1.82, 2.24) is 15.1 Å². The Hall–Kier alpha value is -2.50. The summed E-state index contributed by atoms with van der Waals surface area (Å²) < 4.78 is 7.64. The monoisotopic (exact) mass is 445 g/mol. The second kappa shape index (κ2) is 9.54. The van der Waals surface area contributed by atoms with Crippen LogP contribution >= 0.6 is 23.2 Å². The van der Waals surface area contributed by atoms with E-state index in [1.54, 1.807) is 10.9 Å². The third-order valence-corrected chi connectivity index (χ3v) is 5.10. The van der Waals surface area contributed by atoms with E-state index >= 15 is 0 Å². The molecule has 0 saturated heterocycles. The third kappa shape index (κ3) is 5.55. The van der Waals surface area contributed by atoms with Crippen molar-refractivity contribution in [3.63, 3.8) is 0 Å². The van der Waals surface area contributed by atoms with Crippen LogP contribution in [0.3, 0.4) is 0 Å². The van der Waals surface area contributed by atoms with Crippen LogP contribution in [0.2, 0.25) is 5.02 Å². The molecule has 7 heteroatoms. The average molecular weight is 446 g/mol. The van der Waals surface area contributed by atoms with E-state index in [9.17, 15) is 4.79 Å². The van der Waals surface area contributed by atoms with Crippen molar-refractivity contribution in [3.05, 3.63) is 77.1 Å². The lowest BCUT2D eigenvalue weighted by Crippen LogP contribution is -2.40. The fourth-order valence-electron chi connectivity index (χ4n) is 3.04. The number of hydrogen-bond donors (Lipinski definition) is 1. The quantitative estimate of drug-likeness (QED) is 0.477. The van der Waals surface area contributed by atoms with E-state index in [0.717, 1.165) is 5.56 Å². The van der Waals surface area contributed by atoms with E-state index in [0.29, 0.717) is 28.6 Å². The van der Waals surface area contributed by atoms with Gasteiger partial charge in [0.05, 0.1) is 11.7 Å². The summed E-state index contributed by atoms with van der Waals surface area (Å²) in [6.07, 6.45) is 2.16. The summed E-state index contributed by atoms with van der Waals surface area (Å²) in [6, 6.07) is 16.6. The van der Waals surface area contributed by atoms with Crippen LogP contribution < -0.4 is 10.1 Å². The van der Waals surface area contributed by atoms with Crippen molar-refractivity contribution < 1.29 is 9.53 Å². The van der Waals surface area contributed by atoms with Crippen molar-refractivity contribution in [3.8, 4) is 11.5 Å². The Labute approximate surface area is 187 Å². The average Bonchev–Trinajstić information content (AvgIpc) is 3.14. The molecule has 0 radical (unpaired) electrons. The Morgan fingerprint density at radius 3 is 2.40 bits per heavy atom. The topological polar surface area (TPSA) is 56.2 Å². The second-order valence-corrected chi connectivity index (χ2v) is 8.76. The van der Waals surface area contributed by atoms with E-state index in [-0.39, 0.29) is 17.8 Å². The number of carbonyl (C=O) groups is 1. The van der Waals surface area contributed by atoms with Gasteiger partial charge < -0.3 is 10.1 Å². The lowest BCUT2D eigenvalue weighted by atomic mass is 10.1. The summed E-state index contributed by atoms with van der Waals surface area (Å²) in [4.78, 5) is 13.3. The first kappa shape index (κ1) is 22.2. The van der Waals surface area contributed by atoms with Gasteiger partial charge in [0.2, 0.25) is 0 Å². The van der Waals surface area contributed by atoms with Crippen LogP contribution in [0.1, 0.15) is 36.8 Å². The fourth-order valence-corrected chi connectivity index (χ4v) is 3.36. The minimum atomic E-state index is -0.405. The molecule has 3 aromatic rings. The molecule has 0 aliphatic heterocycles. The maximum atomic E-state index is 13.3. The summed E-state index contributed by atoms with van der Waals surface area (Å²) in [6.45, 7) is 5.95. The molecule has 2 aromatic carbocycles. The number of halogens is 2. The number of ether oxygens (including phenoxy) is 1. The predicted molar refractivity (Wildman–Crippen MR) is 121 cm³/mol. The lowest BCUT2D eigenvalue weighted by Gasteiger charge is -2.23. The highest BCUT2D eigenvalue weighted by molar-refractivity contribution is 6.30. The van der Waals surface area contributed by atoms with E-state index in [1.807, 2.05) is 75.4 Å². The van der Waals surface area contributed by atoms with Crippen LogP contribution in [0, 0.1) is 0 Å². The molecule has 1 aromatic heterocycles. The first-order valence-electron chi connectivity index (χ1n) is 9.70. The number of benzene rings is 2. The number of hydrogen-bond acceptors (Lipinski definition) is 3. The predicted octanol–water partition coefficient (Wildman–Crippen LogP) is 5.66. The van der Waals surface area contributed by atoms with Gasteiger partial charge >= 0.3 is 0 Å². The molecule has 1 unspecified atom stereocenters. The first-order chi connectivity index (χ1) is 14.3. The molecule has 0 aliphatic carbocycles. The first-order valence-corrected chi connectivity index (χ1v) is 10.6. The summed E-state index contributed by atoms with van der Waals surface area (Å²) in [7, 11) is 0. The third-order valence-electron chi connectivity index (χ3n) is 4.47. The van der Waals surface area contributed by atoms with Gasteiger partial charge in [-0.2, -0.15) is 5.10 Å². The Bertz CT molecular complexity index is 980. The zero-order valence-corrected chi connectivity index (χ0v) is 18.7. The molecule has 1 N–H and O–H groups in total. The molecular weight excluding hydrogens is 421 g/mol. The molecular formula is C23H25Cl2N3O2. The highest BCUT2D eigenvalue weighted by atomic mass is 35.5. The van der Waals surface area contributed by atoms with Crippen molar-refractivity contribution in [2.75, 3.05) is 5.88 Å². The van der Waals surface area contributed by atoms with Gasteiger partial charge in [-0.3, -0.25) is 9.48 Å². The Morgan fingerprint density at radius 1 is 1.13 bits per heavy atom. The minimum Gasteiger partial charge on any atom is -0.453 e. The molecule has 1 heterocycles. The number of aromatic nitrogens is 2. The lowest BCUT2D eigenvalue weighted by molar-refractivity contribution is 0.0919. The maximum Gasteiger partial charge on any atom is 0.273 e. The van der Waals surface area contributed by atoms with Gasteiger partial charge in [-0.05, 0) is 57.0 Å². The summed E-state index contributed by atoms with van der Waals surface area (Å²) >= 11 is 12.1. The van der Waals surface area contributed by atoms with Gasteiger partial charge in [-0.25, -0.2) is 0 Å². The van der Waals surface area contributed by atoms with E-state index in [4.69, 9.17) is 27.9 Å². The second-order valence-electron chi connectivity index (χ2n) is 8.01. The molecule has 0 bridgehead atoms. The Morgan fingerprint density at radius 2 is 1.80 bits per heavy atom. The largest absolute Gasteiger partial charge is 0.453 e. The van der Waals surface area contributed by atoms with Gasteiger partial charge in [0.15, 0.2) is 11.4 Å². The van der Waals surface area contributed by atoms with E-state index in [1.165, 1.54) is 0 Å². The molecule has 158 valence electrons. The summed E-state index contributed by atoms with van der Waals surface area (Å²) in [5, 5.41) is 8.11. The van der Waals surface area contributed by atoms with Crippen molar-refractivity contribution in [1.29, 1.82) is 0 Å². The molecule has 0 fully saturated rings. The number of nitrogens with one attached hydrogen (secondary N) is 1. The molecule has 3 rings (SSSR count). The highest BCUT2D eigenvalue weighted by Gasteiger charge is 2.28. The molecule has 5 nitrogen and oxygen atoms in total. The number of amides is 1. The van der Waals surface area contributed by atoms with Crippen LogP contribution in [0.5, 0.6) is 11.5 Å². The van der Waals surface area contributed by atoms with Gasteiger partial charge in [0.1, 0.15) is 5.75 Å². The van der Waals surface area contributed by atoms with Crippen molar-refractivity contribution >= 4 is 29.1 Å². The molecule has 0 aliphatic rings. The zero-order valence-electron chi connectivity index (χ0n) is 17.2. The standard InChI is InChI=1S/C23H25Cl2N3O2/c1-23(2,3)28-21(20(15-26-28)30-19-7-5-4-6-8-19)22(29)27-18(14-24)13-16-9-11-17(25)12-10-16/h4-12,15,18H,13-14H2,1-3H3,(H,27,29). The van der Waals surface area contributed by atoms with Gasteiger partial charge in [0.25, 0.3) is 5.91 Å². The van der Waals surface area contributed by atoms with Gasteiger partial charge in [-0.15, -0.1) is 11.6 Å². The molecule has 30 heavy (non-hydrogen) atoms. The molecule has 0 saturated carbocycles. The zero-order chi connectivity index (χ0) is 21.7. The van der Waals surface area contributed by atoms with E-state index in [2.05, 4.69) is 10.4 Å². The summed E-state index contributed by atoms with van der Waals surface area (Å²) in [5.41, 5.74) is 0.991. The summed E-state index contributed by atoms with van der Waals surface area (Å²) in [5.74, 6) is 1.02. The SMILES string of the molecule is CC(C)(C)n1ncc(Oc2ccccc2)c1C(=O)NC(CCl)Cc1ccc(Cl)cc1. The molecule has 1 atom stereocenters. The maximum absolute atomic E-state index is 13.3. The fraction of sp³-hybridized carbons (Fsp3) is 0.304.